The summed E-state index contributed by atoms with van der Waals surface area (Å²) in [4.78, 5) is 16.9. The van der Waals surface area contributed by atoms with E-state index < -0.39 is 0 Å². The van der Waals surface area contributed by atoms with Gasteiger partial charge in [0.25, 0.3) is 0 Å². The van der Waals surface area contributed by atoms with Crippen LogP contribution in [0.5, 0.6) is 0 Å². The van der Waals surface area contributed by atoms with Gasteiger partial charge in [0, 0.05) is 30.4 Å². The number of hydrogen-bond acceptors (Lipinski definition) is 3. The quantitative estimate of drug-likeness (QED) is 0.632. The minimum Gasteiger partial charge on any atom is -0.377 e. The number of rotatable bonds is 4. The number of aromatic nitrogens is 1. The molecule has 0 bridgehead atoms. The van der Waals surface area contributed by atoms with E-state index in [0.29, 0.717) is 12.2 Å². The van der Waals surface area contributed by atoms with Gasteiger partial charge in [-0.2, -0.15) is 0 Å². The van der Waals surface area contributed by atoms with Crippen molar-refractivity contribution in [3.05, 3.63) is 72.6 Å². The van der Waals surface area contributed by atoms with E-state index >= 15 is 0 Å². The Balaban J connectivity index is 1.68. The van der Waals surface area contributed by atoms with Gasteiger partial charge in [-0.1, -0.05) is 43.2 Å². The molecule has 1 aliphatic carbocycles. The van der Waals surface area contributed by atoms with Crippen LogP contribution in [0.2, 0.25) is 0 Å². The number of anilines is 1. The van der Waals surface area contributed by atoms with Crippen LogP contribution in [0.25, 0.3) is 10.8 Å². The second-order valence-corrected chi connectivity index (χ2v) is 7.14. The van der Waals surface area contributed by atoms with Crippen LogP contribution in [0.1, 0.15) is 43.7 Å². The van der Waals surface area contributed by atoms with Crippen LogP contribution in [0.4, 0.5) is 5.69 Å². The van der Waals surface area contributed by atoms with Crippen molar-refractivity contribution >= 4 is 22.2 Å². The summed E-state index contributed by atoms with van der Waals surface area (Å²) >= 11 is 0. The number of carbonyl (C=O) groups is 1. The van der Waals surface area contributed by atoms with Crippen LogP contribution in [0.15, 0.2) is 67.0 Å². The van der Waals surface area contributed by atoms with Crippen molar-refractivity contribution in [2.24, 2.45) is 5.92 Å². The molecule has 3 aromatic rings. The van der Waals surface area contributed by atoms with E-state index in [9.17, 15) is 4.79 Å². The Hall–Kier alpha value is -2.68. The fourth-order valence-corrected chi connectivity index (χ4v) is 3.98. The van der Waals surface area contributed by atoms with Gasteiger partial charge in [-0.05, 0) is 53.4 Å². The molecule has 1 aromatic heterocycles. The number of fused-ring (bicyclic) bond motifs is 1. The number of ketones is 1. The lowest BCUT2D eigenvalue weighted by Crippen LogP contribution is -2.27. The van der Waals surface area contributed by atoms with Crippen molar-refractivity contribution in [3.8, 4) is 0 Å². The number of Topliss-reactive ketones (excluding diaryl/α,β-unsaturated/α-hetero) is 1. The summed E-state index contributed by atoms with van der Waals surface area (Å²) in [6.07, 6.45) is 8.57. The second-order valence-electron chi connectivity index (χ2n) is 7.14. The Labute approximate surface area is 154 Å². The molecule has 1 saturated carbocycles. The number of nitrogens with zero attached hydrogens (tertiary/aromatic N) is 1. The summed E-state index contributed by atoms with van der Waals surface area (Å²) in [6.45, 7) is 0. The fourth-order valence-electron chi connectivity index (χ4n) is 3.98. The van der Waals surface area contributed by atoms with E-state index in [0.717, 1.165) is 36.9 Å². The molecule has 0 aliphatic heterocycles. The van der Waals surface area contributed by atoms with E-state index in [1.54, 1.807) is 0 Å². The average Bonchev–Trinajstić information content (AvgIpc) is 2.91. The van der Waals surface area contributed by atoms with Gasteiger partial charge in [-0.25, -0.2) is 0 Å². The number of carbonyl (C=O) groups excluding carboxylic acids is 1. The molecule has 26 heavy (non-hydrogen) atoms. The van der Waals surface area contributed by atoms with E-state index in [2.05, 4.69) is 52.8 Å². The molecular weight excluding hydrogens is 320 g/mol. The van der Waals surface area contributed by atoms with Crippen molar-refractivity contribution in [2.75, 3.05) is 5.32 Å². The molecule has 1 fully saturated rings. The van der Waals surface area contributed by atoms with Crippen LogP contribution in [0, 0.1) is 5.92 Å². The highest BCUT2D eigenvalue weighted by Gasteiger charge is 2.30. The molecule has 0 radical (unpaired) electrons. The Morgan fingerprint density at radius 1 is 0.923 bits per heavy atom. The highest BCUT2D eigenvalue weighted by Crippen LogP contribution is 2.34. The Morgan fingerprint density at radius 3 is 2.58 bits per heavy atom. The minimum absolute atomic E-state index is 0.00948. The maximum Gasteiger partial charge on any atom is 0.138 e. The minimum atomic E-state index is -0.00948. The monoisotopic (exact) mass is 344 g/mol. The van der Waals surface area contributed by atoms with Crippen LogP contribution in [0.3, 0.4) is 0 Å². The topological polar surface area (TPSA) is 42.0 Å². The number of benzene rings is 2. The first-order valence-electron chi connectivity index (χ1n) is 9.49. The van der Waals surface area contributed by atoms with Gasteiger partial charge < -0.3 is 5.32 Å². The zero-order valence-electron chi connectivity index (χ0n) is 14.9. The average molecular weight is 344 g/mol. The predicted octanol–water partition coefficient (Wildman–Crippen LogP) is 5.54. The van der Waals surface area contributed by atoms with E-state index in [4.69, 9.17) is 0 Å². The number of hydrogen-bond donors (Lipinski definition) is 1. The highest BCUT2D eigenvalue weighted by molar-refractivity contribution is 5.86. The van der Waals surface area contributed by atoms with Crippen molar-refractivity contribution in [2.45, 2.75) is 38.1 Å². The smallest absolute Gasteiger partial charge is 0.138 e. The molecule has 2 aromatic carbocycles. The van der Waals surface area contributed by atoms with Crippen molar-refractivity contribution in [3.63, 3.8) is 0 Å². The van der Waals surface area contributed by atoms with Crippen molar-refractivity contribution < 1.29 is 4.79 Å². The second kappa shape index (κ2) is 7.69. The van der Waals surface area contributed by atoms with Gasteiger partial charge in [0.2, 0.25) is 0 Å². The summed E-state index contributed by atoms with van der Waals surface area (Å²) in [7, 11) is 0. The summed E-state index contributed by atoms with van der Waals surface area (Å²) in [5, 5.41) is 6.10. The number of pyridine rings is 1. The first-order chi connectivity index (χ1) is 12.8. The Kier molecular flexibility index (Phi) is 4.96. The molecule has 1 aliphatic rings. The lowest BCUT2D eigenvalue weighted by molar-refractivity contribution is -0.123. The van der Waals surface area contributed by atoms with Crippen molar-refractivity contribution in [1.82, 2.24) is 4.98 Å². The fraction of sp³-hybridized carbons (Fsp3) is 0.304. The normalized spacial score (nSPS) is 19.1. The van der Waals surface area contributed by atoms with E-state index in [1.165, 1.54) is 10.8 Å². The third kappa shape index (κ3) is 3.62. The summed E-state index contributed by atoms with van der Waals surface area (Å²) in [6, 6.07) is 18.8. The predicted molar refractivity (Wildman–Crippen MR) is 106 cm³/mol. The molecule has 0 spiro atoms. The van der Waals surface area contributed by atoms with Gasteiger partial charge >= 0.3 is 0 Å². The lowest BCUT2D eigenvalue weighted by atomic mass is 9.86. The zero-order chi connectivity index (χ0) is 17.8. The van der Waals surface area contributed by atoms with Gasteiger partial charge in [0.05, 0.1) is 6.04 Å². The summed E-state index contributed by atoms with van der Waals surface area (Å²) < 4.78 is 0. The molecule has 2 atom stereocenters. The summed E-state index contributed by atoms with van der Waals surface area (Å²) in [5.41, 5.74) is 2.19. The zero-order valence-corrected chi connectivity index (χ0v) is 14.9. The van der Waals surface area contributed by atoms with Gasteiger partial charge in [0.15, 0.2) is 0 Å². The van der Waals surface area contributed by atoms with E-state index in [-0.39, 0.29) is 12.0 Å². The van der Waals surface area contributed by atoms with E-state index in [1.807, 2.05) is 24.5 Å². The maximum absolute atomic E-state index is 12.8. The lowest BCUT2D eigenvalue weighted by Gasteiger charge is -2.28. The van der Waals surface area contributed by atoms with Gasteiger partial charge in [0.1, 0.15) is 5.78 Å². The summed E-state index contributed by atoms with van der Waals surface area (Å²) in [5.74, 6) is 0.406. The largest absolute Gasteiger partial charge is 0.377 e. The molecule has 0 unspecified atom stereocenters. The van der Waals surface area contributed by atoms with Crippen molar-refractivity contribution in [1.29, 1.82) is 0 Å². The standard InChI is InChI=1S/C23H24N2O/c26-22-9-3-1-2-8-21(22)23(18-12-14-24-15-13-18)25-20-11-10-17-6-4-5-7-19(17)16-20/h4-7,10-16,21,23,25H,1-3,8-9H2/t21-,23+/m1/s1. The van der Waals surface area contributed by atoms with Crippen LogP contribution >= 0.6 is 0 Å². The molecule has 1 heterocycles. The molecule has 0 amide bonds. The number of nitrogens with one attached hydrogen (secondary N) is 1. The Morgan fingerprint density at radius 2 is 1.73 bits per heavy atom. The van der Waals surface area contributed by atoms with Gasteiger partial charge in [-0.3, -0.25) is 9.78 Å². The first kappa shape index (κ1) is 16.8. The molecule has 3 heteroatoms. The first-order valence-corrected chi connectivity index (χ1v) is 9.49. The van der Waals surface area contributed by atoms with Crippen LogP contribution < -0.4 is 5.32 Å². The molecule has 132 valence electrons. The SMILES string of the molecule is O=C1CCCCC[C@H]1[C@@H](Nc1ccc2ccccc2c1)c1ccncc1. The third-order valence-electron chi connectivity index (χ3n) is 5.39. The highest BCUT2D eigenvalue weighted by atomic mass is 16.1. The molecule has 4 rings (SSSR count). The van der Waals surface area contributed by atoms with Crippen LogP contribution in [-0.4, -0.2) is 10.8 Å². The third-order valence-corrected chi connectivity index (χ3v) is 5.39. The molecule has 0 saturated heterocycles. The maximum atomic E-state index is 12.8. The molecule has 3 nitrogen and oxygen atoms in total. The Bertz CT molecular complexity index is 891. The van der Waals surface area contributed by atoms with Gasteiger partial charge in [-0.15, -0.1) is 0 Å². The molecular formula is C23H24N2O. The molecule has 1 N–H and O–H groups in total. The van der Waals surface area contributed by atoms with Crippen LogP contribution in [-0.2, 0) is 4.79 Å².